The van der Waals surface area contributed by atoms with Crippen LogP contribution < -0.4 is 5.32 Å². The summed E-state index contributed by atoms with van der Waals surface area (Å²) in [5.74, 6) is 0. The molecule has 0 aliphatic rings. The highest BCUT2D eigenvalue weighted by molar-refractivity contribution is 5.95. The van der Waals surface area contributed by atoms with Crippen molar-refractivity contribution in [3.8, 4) is 0 Å². The van der Waals surface area contributed by atoms with Gasteiger partial charge in [0.1, 0.15) is 0 Å². The molecular weight excluding hydrogens is 196 g/mol. The third kappa shape index (κ3) is 1.54. The van der Waals surface area contributed by atoms with Gasteiger partial charge in [0.05, 0.1) is 5.52 Å². The van der Waals surface area contributed by atoms with Crippen LogP contribution in [0.15, 0.2) is 12.1 Å². The van der Waals surface area contributed by atoms with Crippen molar-refractivity contribution < 1.29 is 0 Å². The number of aryl methyl sites for hydroxylation is 3. The van der Waals surface area contributed by atoms with E-state index >= 15 is 0 Å². The molecule has 2 nitrogen and oxygen atoms in total. The van der Waals surface area contributed by atoms with E-state index in [2.05, 4.69) is 50.1 Å². The first-order valence-electron chi connectivity index (χ1n) is 5.60. The van der Waals surface area contributed by atoms with Gasteiger partial charge < -0.3 is 5.32 Å². The molecule has 2 rings (SSSR count). The van der Waals surface area contributed by atoms with E-state index in [1.165, 1.54) is 27.8 Å². The number of rotatable bonds is 1. The van der Waals surface area contributed by atoms with Crippen LogP contribution in [0.1, 0.15) is 22.4 Å². The Balaban J connectivity index is 2.96. The van der Waals surface area contributed by atoms with Crippen LogP contribution in [-0.2, 0) is 0 Å². The molecule has 0 atom stereocenters. The first-order valence-corrected chi connectivity index (χ1v) is 5.60. The van der Waals surface area contributed by atoms with Crippen molar-refractivity contribution in [1.29, 1.82) is 0 Å². The maximum atomic E-state index is 4.68. The fraction of sp³-hybridized carbons (Fsp3) is 0.357. The van der Waals surface area contributed by atoms with Crippen LogP contribution in [0.25, 0.3) is 10.9 Å². The molecule has 2 heteroatoms. The largest absolute Gasteiger partial charge is 0.387 e. The second-order valence-electron chi connectivity index (χ2n) is 4.43. The predicted octanol–water partition coefficient (Wildman–Crippen LogP) is 3.51. The minimum Gasteiger partial charge on any atom is -0.387 e. The van der Waals surface area contributed by atoms with E-state index in [4.69, 9.17) is 0 Å². The third-order valence-electron chi connectivity index (χ3n) is 3.16. The molecular formula is C14H18N2. The summed E-state index contributed by atoms with van der Waals surface area (Å²) in [6.07, 6.45) is 0. The average molecular weight is 214 g/mol. The SMILES string of the molecule is CNc1c(C)c(C)nc2c(C)cc(C)cc12. The molecule has 1 N–H and O–H groups in total. The van der Waals surface area contributed by atoms with Gasteiger partial charge in [-0.05, 0) is 44.9 Å². The lowest BCUT2D eigenvalue weighted by atomic mass is 10.0. The molecule has 0 unspecified atom stereocenters. The van der Waals surface area contributed by atoms with Gasteiger partial charge in [-0.1, -0.05) is 11.6 Å². The molecule has 0 aliphatic carbocycles. The van der Waals surface area contributed by atoms with Crippen molar-refractivity contribution >= 4 is 16.6 Å². The Kier molecular flexibility index (Phi) is 2.58. The average Bonchev–Trinajstić information content (AvgIpc) is 2.22. The molecule has 0 radical (unpaired) electrons. The number of aromatic nitrogens is 1. The molecule has 0 fully saturated rings. The second-order valence-corrected chi connectivity index (χ2v) is 4.43. The van der Waals surface area contributed by atoms with E-state index in [9.17, 15) is 0 Å². The molecule has 1 heterocycles. The first-order chi connectivity index (χ1) is 7.54. The minimum absolute atomic E-state index is 1.10. The van der Waals surface area contributed by atoms with E-state index in [1.54, 1.807) is 0 Å². The van der Waals surface area contributed by atoms with Gasteiger partial charge in [-0.3, -0.25) is 4.98 Å². The lowest BCUT2D eigenvalue weighted by molar-refractivity contribution is 1.18. The van der Waals surface area contributed by atoms with E-state index in [0.717, 1.165) is 11.2 Å². The van der Waals surface area contributed by atoms with Crippen LogP contribution in [-0.4, -0.2) is 12.0 Å². The molecule has 1 aromatic heterocycles. The topological polar surface area (TPSA) is 24.9 Å². The number of benzene rings is 1. The number of nitrogens with zero attached hydrogens (tertiary/aromatic N) is 1. The number of fused-ring (bicyclic) bond motifs is 1. The van der Waals surface area contributed by atoms with Gasteiger partial charge in [0.25, 0.3) is 0 Å². The number of hydrogen-bond donors (Lipinski definition) is 1. The van der Waals surface area contributed by atoms with E-state index in [1.807, 2.05) is 7.05 Å². The smallest absolute Gasteiger partial charge is 0.0755 e. The molecule has 16 heavy (non-hydrogen) atoms. The van der Waals surface area contributed by atoms with E-state index in [-0.39, 0.29) is 0 Å². The highest BCUT2D eigenvalue weighted by Crippen LogP contribution is 2.30. The standard InChI is InChI=1S/C14H18N2/c1-8-6-9(2)13-12(7-8)14(15-5)10(3)11(4)16-13/h6-7H,1-5H3,(H,15,16). The van der Waals surface area contributed by atoms with Gasteiger partial charge in [-0.25, -0.2) is 0 Å². The second kappa shape index (κ2) is 3.78. The van der Waals surface area contributed by atoms with E-state index < -0.39 is 0 Å². The summed E-state index contributed by atoms with van der Waals surface area (Å²) in [5, 5.41) is 4.52. The molecule has 0 saturated carbocycles. The number of pyridine rings is 1. The highest BCUT2D eigenvalue weighted by atomic mass is 14.8. The van der Waals surface area contributed by atoms with Gasteiger partial charge >= 0.3 is 0 Å². The normalized spacial score (nSPS) is 10.8. The van der Waals surface area contributed by atoms with Crippen LogP contribution in [0.4, 0.5) is 5.69 Å². The predicted molar refractivity (Wildman–Crippen MR) is 70.2 cm³/mol. The zero-order chi connectivity index (χ0) is 11.9. The first kappa shape index (κ1) is 10.9. The van der Waals surface area contributed by atoms with Gasteiger partial charge in [0.15, 0.2) is 0 Å². The number of anilines is 1. The summed E-state index contributed by atoms with van der Waals surface area (Å²) in [4.78, 5) is 4.68. The minimum atomic E-state index is 1.10. The Morgan fingerprint density at radius 1 is 1.06 bits per heavy atom. The molecule has 0 aliphatic heterocycles. The van der Waals surface area contributed by atoms with Crippen LogP contribution in [0.5, 0.6) is 0 Å². The quantitative estimate of drug-likeness (QED) is 0.785. The molecule has 1 aromatic carbocycles. The van der Waals surface area contributed by atoms with Gasteiger partial charge in [0, 0.05) is 23.8 Å². The van der Waals surface area contributed by atoms with Crippen molar-refractivity contribution in [3.63, 3.8) is 0 Å². The molecule has 0 amide bonds. The Morgan fingerprint density at radius 2 is 1.75 bits per heavy atom. The molecule has 0 bridgehead atoms. The molecule has 0 spiro atoms. The third-order valence-corrected chi connectivity index (χ3v) is 3.16. The number of nitrogens with one attached hydrogen (secondary N) is 1. The summed E-state index contributed by atoms with van der Waals surface area (Å²) < 4.78 is 0. The zero-order valence-corrected chi connectivity index (χ0v) is 10.6. The van der Waals surface area contributed by atoms with Crippen molar-refractivity contribution in [1.82, 2.24) is 4.98 Å². The van der Waals surface area contributed by atoms with Crippen LogP contribution in [0, 0.1) is 27.7 Å². The monoisotopic (exact) mass is 214 g/mol. The van der Waals surface area contributed by atoms with Gasteiger partial charge in [0.2, 0.25) is 0 Å². The number of hydrogen-bond acceptors (Lipinski definition) is 2. The summed E-state index contributed by atoms with van der Waals surface area (Å²) in [6, 6.07) is 4.39. The van der Waals surface area contributed by atoms with Gasteiger partial charge in [-0.2, -0.15) is 0 Å². The Labute approximate surface area is 96.7 Å². The Hall–Kier alpha value is -1.57. The maximum absolute atomic E-state index is 4.68. The highest BCUT2D eigenvalue weighted by Gasteiger charge is 2.10. The summed E-state index contributed by atoms with van der Waals surface area (Å²) >= 11 is 0. The van der Waals surface area contributed by atoms with Crippen molar-refractivity contribution in [2.24, 2.45) is 0 Å². The lowest BCUT2D eigenvalue weighted by Gasteiger charge is -2.14. The van der Waals surface area contributed by atoms with Crippen molar-refractivity contribution in [3.05, 3.63) is 34.5 Å². The molecule has 2 aromatic rings. The summed E-state index contributed by atoms with van der Waals surface area (Å²) in [5.41, 5.74) is 7.18. The van der Waals surface area contributed by atoms with Gasteiger partial charge in [-0.15, -0.1) is 0 Å². The van der Waals surface area contributed by atoms with Crippen molar-refractivity contribution in [2.75, 3.05) is 12.4 Å². The fourth-order valence-corrected chi connectivity index (χ4v) is 2.26. The Bertz CT molecular complexity index is 556. The van der Waals surface area contributed by atoms with Crippen LogP contribution >= 0.6 is 0 Å². The Morgan fingerprint density at radius 3 is 2.38 bits per heavy atom. The van der Waals surface area contributed by atoms with Crippen molar-refractivity contribution in [2.45, 2.75) is 27.7 Å². The van der Waals surface area contributed by atoms with E-state index in [0.29, 0.717) is 0 Å². The van der Waals surface area contributed by atoms with Crippen LogP contribution in [0.3, 0.4) is 0 Å². The fourth-order valence-electron chi connectivity index (χ4n) is 2.26. The maximum Gasteiger partial charge on any atom is 0.0755 e. The van der Waals surface area contributed by atoms with Crippen LogP contribution in [0.2, 0.25) is 0 Å². The zero-order valence-electron chi connectivity index (χ0n) is 10.6. The summed E-state index contributed by atoms with van der Waals surface area (Å²) in [7, 11) is 1.97. The summed E-state index contributed by atoms with van der Waals surface area (Å²) in [6.45, 7) is 8.43. The lowest BCUT2D eigenvalue weighted by Crippen LogP contribution is -2.00. The molecule has 0 saturated heterocycles. The molecule has 84 valence electrons.